The molecule has 0 unspecified atom stereocenters. The van der Waals surface area contributed by atoms with Gasteiger partial charge >= 0.3 is 0 Å². The lowest BCUT2D eigenvalue weighted by molar-refractivity contribution is 0.671. The Morgan fingerprint density at radius 2 is 2.06 bits per heavy atom. The molecular weight excluding hydrogens is 226 g/mol. The van der Waals surface area contributed by atoms with E-state index in [2.05, 4.69) is 53.7 Å². The standard InChI is InChI=1S/C13H19N5/c1-4-11(5-2)15-12-6-7-13(10(3)8-12)18-9-14-16-17-18/h6-9,11,15H,4-5H2,1-3H3. The van der Waals surface area contributed by atoms with Crippen LogP contribution in [0.3, 0.4) is 0 Å². The predicted octanol–water partition coefficient (Wildman–Crippen LogP) is 2.57. The van der Waals surface area contributed by atoms with Crippen molar-refractivity contribution in [2.45, 2.75) is 39.7 Å². The lowest BCUT2D eigenvalue weighted by Crippen LogP contribution is -2.17. The van der Waals surface area contributed by atoms with E-state index in [9.17, 15) is 0 Å². The number of hydrogen-bond donors (Lipinski definition) is 1. The van der Waals surface area contributed by atoms with E-state index in [0.29, 0.717) is 6.04 Å². The van der Waals surface area contributed by atoms with Gasteiger partial charge in [-0.1, -0.05) is 13.8 Å². The average molecular weight is 245 g/mol. The van der Waals surface area contributed by atoms with Crippen LogP contribution in [0.2, 0.25) is 0 Å². The molecule has 18 heavy (non-hydrogen) atoms. The third kappa shape index (κ3) is 2.67. The summed E-state index contributed by atoms with van der Waals surface area (Å²) in [6.45, 7) is 6.46. The lowest BCUT2D eigenvalue weighted by Gasteiger charge is -2.17. The minimum atomic E-state index is 0.531. The normalized spacial score (nSPS) is 10.9. The molecule has 2 rings (SSSR count). The molecule has 2 aromatic rings. The van der Waals surface area contributed by atoms with E-state index in [4.69, 9.17) is 0 Å². The summed E-state index contributed by atoms with van der Waals surface area (Å²) in [5.41, 5.74) is 3.31. The second-order valence-corrected chi connectivity index (χ2v) is 4.41. The molecule has 0 saturated heterocycles. The second-order valence-electron chi connectivity index (χ2n) is 4.41. The quantitative estimate of drug-likeness (QED) is 0.879. The van der Waals surface area contributed by atoms with Crippen LogP contribution in [0, 0.1) is 6.92 Å². The summed E-state index contributed by atoms with van der Waals surface area (Å²) in [5, 5.41) is 14.7. The van der Waals surface area contributed by atoms with Crippen LogP contribution in [0.25, 0.3) is 5.69 Å². The van der Waals surface area contributed by atoms with Gasteiger partial charge in [0.2, 0.25) is 0 Å². The molecule has 1 heterocycles. The maximum absolute atomic E-state index is 3.91. The van der Waals surface area contributed by atoms with Gasteiger partial charge in [-0.05, 0) is 54.0 Å². The van der Waals surface area contributed by atoms with Crippen molar-refractivity contribution >= 4 is 5.69 Å². The van der Waals surface area contributed by atoms with E-state index in [0.717, 1.165) is 29.8 Å². The highest BCUT2D eigenvalue weighted by Gasteiger charge is 2.06. The van der Waals surface area contributed by atoms with Crippen molar-refractivity contribution in [3.8, 4) is 5.69 Å². The fourth-order valence-electron chi connectivity index (χ4n) is 2.00. The van der Waals surface area contributed by atoms with E-state index in [1.54, 1.807) is 11.0 Å². The Morgan fingerprint density at radius 1 is 1.28 bits per heavy atom. The molecule has 1 aromatic heterocycles. The van der Waals surface area contributed by atoms with Gasteiger partial charge in [-0.3, -0.25) is 0 Å². The van der Waals surface area contributed by atoms with Gasteiger partial charge in [-0.25, -0.2) is 4.68 Å². The third-order valence-corrected chi connectivity index (χ3v) is 3.15. The first-order chi connectivity index (χ1) is 8.74. The van der Waals surface area contributed by atoms with Gasteiger partial charge < -0.3 is 5.32 Å². The lowest BCUT2D eigenvalue weighted by atomic mass is 10.1. The van der Waals surface area contributed by atoms with Crippen molar-refractivity contribution < 1.29 is 0 Å². The fourth-order valence-corrected chi connectivity index (χ4v) is 2.00. The summed E-state index contributed by atoms with van der Waals surface area (Å²) in [7, 11) is 0. The number of tetrazole rings is 1. The summed E-state index contributed by atoms with van der Waals surface area (Å²) < 4.78 is 1.68. The van der Waals surface area contributed by atoms with Gasteiger partial charge in [0.15, 0.2) is 0 Å². The van der Waals surface area contributed by atoms with Crippen molar-refractivity contribution in [3.63, 3.8) is 0 Å². The van der Waals surface area contributed by atoms with Crippen LogP contribution in [0.4, 0.5) is 5.69 Å². The van der Waals surface area contributed by atoms with E-state index >= 15 is 0 Å². The number of aryl methyl sites for hydroxylation is 1. The van der Waals surface area contributed by atoms with E-state index in [1.807, 2.05) is 6.07 Å². The van der Waals surface area contributed by atoms with Crippen LogP contribution in [0.15, 0.2) is 24.5 Å². The van der Waals surface area contributed by atoms with Gasteiger partial charge in [-0.2, -0.15) is 0 Å². The number of rotatable bonds is 5. The number of hydrogen-bond acceptors (Lipinski definition) is 4. The Bertz CT molecular complexity index is 488. The van der Waals surface area contributed by atoms with Crippen LogP contribution < -0.4 is 5.32 Å². The maximum atomic E-state index is 3.91. The molecule has 1 N–H and O–H groups in total. The van der Waals surface area contributed by atoms with Gasteiger partial charge in [0, 0.05) is 11.7 Å². The van der Waals surface area contributed by atoms with Gasteiger partial charge in [0.25, 0.3) is 0 Å². The van der Waals surface area contributed by atoms with Crippen LogP contribution in [-0.2, 0) is 0 Å². The molecule has 1 aromatic carbocycles. The number of anilines is 1. The van der Waals surface area contributed by atoms with Gasteiger partial charge in [0.1, 0.15) is 6.33 Å². The zero-order valence-electron chi connectivity index (χ0n) is 11.1. The molecule has 5 nitrogen and oxygen atoms in total. The minimum absolute atomic E-state index is 0.531. The van der Waals surface area contributed by atoms with Crippen molar-refractivity contribution in [2.75, 3.05) is 5.32 Å². The molecule has 0 fully saturated rings. The first kappa shape index (κ1) is 12.5. The van der Waals surface area contributed by atoms with E-state index in [1.165, 1.54) is 0 Å². The molecule has 0 aliphatic heterocycles. The molecule has 0 aliphatic carbocycles. The highest BCUT2D eigenvalue weighted by molar-refractivity contribution is 5.53. The molecule has 0 bridgehead atoms. The topological polar surface area (TPSA) is 55.6 Å². The summed E-state index contributed by atoms with van der Waals surface area (Å²) in [6, 6.07) is 6.77. The molecule has 0 spiro atoms. The first-order valence-electron chi connectivity index (χ1n) is 6.35. The molecule has 96 valence electrons. The smallest absolute Gasteiger partial charge is 0.143 e. The summed E-state index contributed by atoms with van der Waals surface area (Å²) in [4.78, 5) is 0. The zero-order valence-corrected chi connectivity index (χ0v) is 11.1. The number of aromatic nitrogens is 4. The molecular formula is C13H19N5. The monoisotopic (exact) mass is 245 g/mol. The SMILES string of the molecule is CCC(CC)Nc1ccc(-n2cnnn2)c(C)c1. The zero-order chi connectivity index (χ0) is 13.0. The molecule has 0 aliphatic rings. The average Bonchev–Trinajstić information content (AvgIpc) is 2.89. The molecule has 0 amide bonds. The van der Waals surface area contributed by atoms with Crippen molar-refractivity contribution in [1.29, 1.82) is 0 Å². The summed E-state index contributed by atoms with van der Waals surface area (Å²) in [5.74, 6) is 0. The van der Waals surface area contributed by atoms with Crippen LogP contribution >= 0.6 is 0 Å². The second kappa shape index (κ2) is 5.62. The maximum Gasteiger partial charge on any atom is 0.143 e. The number of nitrogens with one attached hydrogen (secondary N) is 1. The van der Waals surface area contributed by atoms with Crippen molar-refractivity contribution in [2.24, 2.45) is 0 Å². The predicted molar refractivity (Wildman–Crippen MR) is 71.9 cm³/mol. The summed E-state index contributed by atoms with van der Waals surface area (Å²) in [6.07, 6.45) is 3.87. The van der Waals surface area contributed by atoms with Crippen LogP contribution in [0.5, 0.6) is 0 Å². The number of benzene rings is 1. The van der Waals surface area contributed by atoms with Crippen LogP contribution in [0.1, 0.15) is 32.3 Å². The molecule has 0 saturated carbocycles. The minimum Gasteiger partial charge on any atom is -0.382 e. The van der Waals surface area contributed by atoms with Gasteiger partial charge in [0.05, 0.1) is 5.69 Å². The summed E-state index contributed by atoms with van der Waals surface area (Å²) >= 11 is 0. The fraction of sp³-hybridized carbons (Fsp3) is 0.462. The largest absolute Gasteiger partial charge is 0.382 e. The Hall–Kier alpha value is -1.91. The number of nitrogens with zero attached hydrogens (tertiary/aromatic N) is 4. The Balaban J connectivity index is 2.20. The van der Waals surface area contributed by atoms with Crippen LogP contribution in [-0.4, -0.2) is 26.2 Å². The van der Waals surface area contributed by atoms with Crippen molar-refractivity contribution in [3.05, 3.63) is 30.1 Å². The molecule has 0 atom stereocenters. The van der Waals surface area contributed by atoms with E-state index < -0.39 is 0 Å². The Labute approximate surface area is 107 Å². The highest BCUT2D eigenvalue weighted by Crippen LogP contribution is 2.19. The van der Waals surface area contributed by atoms with E-state index in [-0.39, 0.29) is 0 Å². The Kier molecular flexibility index (Phi) is 3.92. The third-order valence-electron chi connectivity index (χ3n) is 3.15. The molecule has 5 heteroatoms. The highest BCUT2D eigenvalue weighted by atomic mass is 15.5. The van der Waals surface area contributed by atoms with Gasteiger partial charge in [-0.15, -0.1) is 5.10 Å². The first-order valence-corrected chi connectivity index (χ1v) is 6.35. The Morgan fingerprint density at radius 3 is 2.61 bits per heavy atom. The van der Waals surface area contributed by atoms with Crippen molar-refractivity contribution in [1.82, 2.24) is 20.2 Å². The molecule has 0 radical (unpaired) electrons.